The number of hydrogen-bond acceptors (Lipinski definition) is 2. The summed E-state index contributed by atoms with van der Waals surface area (Å²) in [4.78, 5) is 0. The predicted octanol–water partition coefficient (Wildman–Crippen LogP) is 6.76. The lowest BCUT2D eigenvalue weighted by molar-refractivity contribution is 0.0862. The molecule has 4 saturated carbocycles. The zero-order valence-electron chi connectivity index (χ0n) is 20.2. The first kappa shape index (κ1) is 23.1. The molecule has 0 bridgehead atoms. The summed E-state index contributed by atoms with van der Waals surface area (Å²) in [5.41, 5.74) is 4.30. The van der Waals surface area contributed by atoms with Crippen molar-refractivity contribution in [1.29, 1.82) is 0 Å². The van der Waals surface area contributed by atoms with Crippen LogP contribution in [0.15, 0.2) is 47.6 Å². The SMILES string of the molecule is C=C1/C(=C\C=C2/CCC[C@@]3(C)C2CC[C@@H]3[C@H](C)/C=C/C2(C(C)C)CC2)C[C@@H](O)C[C@@H]1O. The standard InChI is InChI=1S/C29H44O2/c1-19(2)29(15-16-29)14-12-20(3)25-10-11-26-22(7-6-13-28(25,26)5)8-9-23-17-24(30)18-27(31)21(23)4/h8-9,12,14,19-20,24-27,30-31H,4,6-7,10-11,13,15-18H2,1-3,5H3/b14-12+,22-8+,23-9-/t20-,24-,25-,26?,27+,28-/m1/s1. The predicted molar refractivity (Wildman–Crippen MR) is 130 cm³/mol. The van der Waals surface area contributed by atoms with Crippen LogP contribution in [0.5, 0.6) is 0 Å². The summed E-state index contributed by atoms with van der Waals surface area (Å²) in [5, 5.41) is 20.2. The molecule has 172 valence electrons. The van der Waals surface area contributed by atoms with Crippen LogP contribution < -0.4 is 0 Å². The van der Waals surface area contributed by atoms with Crippen molar-refractivity contribution in [1.82, 2.24) is 0 Å². The van der Waals surface area contributed by atoms with E-state index in [1.165, 1.54) is 44.9 Å². The molecular weight excluding hydrogens is 380 g/mol. The van der Waals surface area contributed by atoms with Gasteiger partial charge in [0.2, 0.25) is 0 Å². The van der Waals surface area contributed by atoms with Gasteiger partial charge in [-0.3, -0.25) is 0 Å². The Morgan fingerprint density at radius 2 is 1.81 bits per heavy atom. The van der Waals surface area contributed by atoms with Crippen molar-refractivity contribution in [2.75, 3.05) is 0 Å². The van der Waals surface area contributed by atoms with Gasteiger partial charge in [0.05, 0.1) is 12.2 Å². The van der Waals surface area contributed by atoms with Crippen LogP contribution in [-0.4, -0.2) is 22.4 Å². The lowest BCUT2D eigenvalue weighted by Gasteiger charge is -2.44. The quantitative estimate of drug-likeness (QED) is 0.479. The molecule has 0 aliphatic heterocycles. The molecule has 2 nitrogen and oxygen atoms in total. The van der Waals surface area contributed by atoms with Crippen molar-refractivity contribution in [3.63, 3.8) is 0 Å². The first-order valence-corrected chi connectivity index (χ1v) is 12.8. The topological polar surface area (TPSA) is 40.5 Å². The normalized spacial score (nSPS) is 41.3. The van der Waals surface area contributed by atoms with E-state index in [-0.39, 0.29) is 0 Å². The van der Waals surface area contributed by atoms with Crippen LogP contribution in [-0.2, 0) is 0 Å². The van der Waals surface area contributed by atoms with Gasteiger partial charge in [-0.05, 0) is 97.0 Å². The minimum absolute atomic E-state index is 0.392. The monoisotopic (exact) mass is 424 g/mol. The molecule has 2 heteroatoms. The van der Waals surface area contributed by atoms with E-state index in [1.54, 1.807) is 5.57 Å². The molecular formula is C29H44O2. The second-order valence-corrected chi connectivity index (χ2v) is 11.8. The highest BCUT2D eigenvalue weighted by atomic mass is 16.3. The Hall–Kier alpha value is -1.12. The average molecular weight is 425 g/mol. The van der Waals surface area contributed by atoms with Gasteiger partial charge < -0.3 is 10.2 Å². The largest absolute Gasteiger partial charge is 0.393 e. The molecule has 0 aromatic carbocycles. The zero-order chi connectivity index (χ0) is 22.4. The van der Waals surface area contributed by atoms with E-state index in [9.17, 15) is 10.2 Å². The van der Waals surface area contributed by atoms with Crippen molar-refractivity contribution < 1.29 is 10.2 Å². The number of rotatable bonds is 5. The maximum absolute atomic E-state index is 10.2. The van der Waals surface area contributed by atoms with Gasteiger partial charge in [-0.1, -0.05) is 64.2 Å². The molecule has 0 heterocycles. The van der Waals surface area contributed by atoms with Crippen molar-refractivity contribution in [3.05, 3.63) is 47.6 Å². The Balaban J connectivity index is 1.50. The number of fused-ring (bicyclic) bond motifs is 1. The molecule has 0 amide bonds. The molecule has 0 radical (unpaired) electrons. The number of allylic oxidation sites excluding steroid dienone is 5. The van der Waals surface area contributed by atoms with Crippen molar-refractivity contribution >= 4 is 0 Å². The van der Waals surface area contributed by atoms with Crippen LogP contribution >= 0.6 is 0 Å². The van der Waals surface area contributed by atoms with Gasteiger partial charge in [-0.15, -0.1) is 0 Å². The molecule has 4 rings (SSSR count). The first-order chi connectivity index (χ1) is 14.7. The van der Waals surface area contributed by atoms with Crippen LogP contribution in [0.4, 0.5) is 0 Å². The van der Waals surface area contributed by atoms with Crippen LogP contribution in [0.3, 0.4) is 0 Å². The molecule has 31 heavy (non-hydrogen) atoms. The Bertz CT molecular complexity index is 781. The van der Waals surface area contributed by atoms with Gasteiger partial charge in [0.15, 0.2) is 0 Å². The second-order valence-electron chi connectivity index (χ2n) is 11.8. The fourth-order valence-corrected chi connectivity index (χ4v) is 7.17. The average Bonchev–Trinajstić information content (AvgIpc) is 3.43. The molecule has 4 aliphatic carbocycles. The van der Waals surface area contributed by atoms with Gasteiger partial charge in [0.1, 0.15) is 0 Å². The third-order valence-corrected chi connectivity index (χ3v) is 9.65. The van der Waals surface area contributed by atoms with Crippen molar-refractivity contribution in [2.45, 2.75) is 97.7 Å². The molecule has 6 atom stereocenters. The molecule has 4 fully saturated rings. The zero-order valence-corrected chi connectivity index (χ0v) is 20.2. The molecule has 0 aromatic heterocycles. The maximum atomic E-state index is 10.2. The fraction of sp³-hybridized carbons (Fsp3) is 0.724. The molecule has 4 aliphatic rings. The third kappa shape index (κ3) is 4.40. The van der Waals surface area contributed by atoms with Gasteiger partial charge in [0, 0.05) is 6.42 Å². The van der Waals surface area contributed by atoms with Gasteiger partial charge in [0.25, 0.3) is 0 Å². The van der Waals surface area contributed by atoms with Crippen LogP contribution in [0, 0.1) is 34.5 Å². The van der Waals surface area contributed by atoms with Crippen LogP contribution in [0.2, 0.25) is 0 Å². The third-order valence-electron chi connectivity index (χ3n) is 9.65. The summed E-state index contributed by atoms with van der Waals surface area (Å²) in [6.07, 6.45) is 18.8. The van der Waals surface area contributed by atoms with E-state index in [0.717, 1.165) is 23.0 Å². The minimum Gasteiger partial charge on any atom is -0.393 e. The Labute approximate surface area is 190 Å². The van der Waals surface area contributed by atoms with E-state index < -0.39 is 12.2 Å². The Morgan fingerprint density at radius 3 is 2.48 bits per heavy atom. The molecule has 0 saturated heterocycles. The van der Waals surface area contributed by atoms with E-state index in [4.69, 9.17) is 0 Å². The van der Waals surface area contributed by atoms with E-state index in [2.05, 4.69) is 58.6 Å². The first-order valence-electron chi connectivity index (χ1n) is 12.8. The highest BCUT2D eigenvalue weighted by molar-refractivity contribution is 5.38. The maximum Gasteiger partial charge on any atom is 0.0811 e. The van der Waals surface area contributed by atoms with Gasteiger partial charge in [-0.25, -0.2) is 0 Å². The summed E-state index contributed by atoms with van der Waals surface area (Å²) in [7, 11) is 0. The summed E-state index contributed by atoms with van der Waals surface area (Å²) in [6.45, 7) is 13.8. The summed E-state index contributed by atoms with van der Waals surface area (Å²) in [6, 6.07) is 0. The lowest BCUT2D eigenvalue weighted by atomic mass is 9.61. The van der Waals surface area contributed by atoms with Gasteiger partial charge in [-0.2, -0.15) is 0 Å². The molecule has 1 unspecified atom stereocenters. The highest BCUT2D eigenvalue weighted by Crippen LogP contribution is 2.60. The smallest absolute Gasteiger partial charge is 0.0811 e. The molecule has 0 spiro atoms. The molecule has 0 aromatic rings. The number of hydrogen-bond donors (Lipinski definition) is 2. The Morgan fingerprint density at radius 1 is 1.06 bits per heavy atom. The number of aliphatic hydroxyl groups is 2. The minimum atomic E-state index is -0.603. The van der Waals surface area contributed by atoms with E-state index >= 15 is 0 Å². The number of aliphatic hydroxyl groups excluding tert-OH is 2. The summed E-state index contributed by atoms with van der Waals surface area (Å²) < 4.78 is 0. The van der Waals surface area contributed by atoms with Crippen LogP contribution in [0.1, 0.15) is 85.5 Å². The van der Waals surface area contributed by atoms with E-state index in [0.29, 0.717) is 35.5 Å². The van der Waals surface area contributed by atoms with Gasteiger partial charge >= 0.3 is 0 Å². The van der Waals surface area contributed by atoms with Crippen LogP contribution in [0.25, 0.3) is 0 Å². The fourth-order valence-electron chi connectivity index (χ4n) is 7.17. The lowest BCUT2D eigenvalue weighted by Crippen LogP contribution is -2.35. The highest BCUT2D eigenvalue weighted by Gasteiger charge is 2.50. The van der Waals surface area contributed by atoms with Crippen molar-refractivity contribution in [2.24, 2.45) is 34.5 Å². The van der Waals surface area contributed by atoms with E-state index in [1.807, 2.05) is 0 Å². The second kappa shape index (κ2) is 8.67. The molecule has 2 N–H and O–H groups in total. The summed E-state index contributed by atoms with van der Waals surface area (Å²) >= 11 is 0. The summed E-state index contributed by atoms with van der Waals surface area (Å²) in [5.74, 6) is 2.84. The Kier molecular flexibility index (Phi) is 6.45. The van der Waals surface area contributed by atoms with Crippen molar-refractivity contribution in [3.8, 4) is 0 Å².